The predicted octanol–water partition coefficient (Wildman–Crippen LogP) is 3.86. The van der Waals surface area contributed by atoms with Gasteiger partial charge in [0.1, 0.15) is 11.7 Å². The Bertz CT molecular complexity index is 1240. The van der Waals surface area contributed by atoms with Gasteiger partial charge in [-0.3, -0.25) is 0 Å². The molecule has 0 spiro atoms. The fourth-order valence-corrected chi connectivity index (χ4v) is 6.25. The van der Waals surface area contributed by atoms with Gasteiger partial charge >= 0.3 is 0 Å². The monoisotopic (exact) mass is 578 g/mol. The molecule has 8 nitrogen and oxygen atoms in total. The maximum absolute atomic E-state index is 12.3. The Morgan fingerprint density at radius 1 is 0.786 bits per heavy atom. The minimum absolute atomic E-state index is 0.00994. The molecule has 2 aliphatic heterocycles. The first-order valence-corrected chi connectivity index (χ1v) is 14.6. The minimum atomic E-state index is -1.93. The van der Waals surface area contributed by atoms with Crippen LogP contribution in [-0.2, 0) is 43.5 Å². The zero-order valence-corrected chi connectivity index (χ0v) is 24.3. The summed E-state index contributed by atoms with van der Waals surface area (Å²) in [5.74, 6) is -2.30. The lowest BCUT2D eigenvalue weighted by Crippen LogP contribution is -2.75. The van der Waals surface area contributed by atoms with E-state index in [1.165, 1.54) is 0 Å². The van der Waals surface area contributed by atoms with Crippen LogP contribution in [0.25, 0.3) is 0 Å². The normalized spacial score (nSPS) is 31.2. The summed E-state index contributed by atoms with van der Waals surface area (Å²) in [6.45, 7) is 4.05. The SMILES string of the molecule is C[C@H](COCc1ccccc1)[C@]12O[C@H](COCc3ccccc3)[C@@](O)(COCc3ccccc3)[C@](CO)(O1)[C@H](O)[C@@H]2C. The van der Waals surface area contributed by atoms with Gasteiger partial charge in [0.05, 0.1) is 52.4 Å². The number of rotatable bonds is 14. The Morgan fingerprint density at radius 2 is 1.29 bits per heavy atom. The topological polar surface area (TPSA) is 107 Å². The number of hydrogen-bond acceptors (Lipinski definition) is 8. The average molecular weight is 579 g/mol. The maximum Gasteiger partial charge on any atom is 0.179 e. The largest absolute Gasteiger partial charge is 0.393 e. The van der Waals surface area contributed by atoms with Gasteiger partial charge in [-0.15, -0.1) is 0 Å². The fourth-order valence-electron chi connectivity index (χ4n) is 6.25. The zero-order valence-electron chi connectivity index (χ0n) is 24.3. The molecule has 3 aromatic carbocycles. The highest BCUT2D eigenvalue weighted by atomic mass is 16.8. The summed E-state index contributed by atoms with van der Waals surface area (Å²) in [4.78, 5) is 0. The van der Waals surface area contributed by atoms with Crippen LogP contribution in [0.2, 0.25) is 0 Å². The Morgan fingerprint density at radius 3 is 1.81 bits per heavy atom. The molecule has 226 valence electrons. The summed E-state index contributed by atoms with van der Waals surface area (Å²) in [5.41, 5.74) is -0.762. The molecular weight excluding hydrogens is 536 g/mol. The predicted molar refractivity (Wildman–Crippen MR) is 156 cm³/mol. The van der Waals surface area contributed by atoms with Gasteiger partial charge in [0.2, 0.25) is 0 Å². The summed E-state index contributed by atoms with van der Waals surface area (Å²) in [5, 5.41) is 34.8. The molecule has 0 radical (unpaired) electrons. The first-order valence-electron chi connectivity index (χ1n) is 14.6. The van der Waals surface area contributed by atoms with Crippen molar-refractivity contribution in [2.24, 2.45) is 11.8 Å². The molecule has 2 aliphatic rings. The van der Waals surface area contributed by atoms with E-state index in [0.717, 1.165) is 16.7 Å². The molecule has 2 bridgehead atoms. The molecule has 2 saturated heterocycles. The molecule has 3 aromatic rings. The molecular formula is C34H42O8. The van der Waals surface area contributed by atoms with Crippen LogP contribution in [0.3, 0.4) is 0 Å². The highest BCUT2D eigenvalue weighted by molar-refractivity contribution is 5.22. The van der Waals surface area contributed by atoms with E-state index in [0.29, 0.717) is 13.2 Å². The number of aliphatic hydroxyl groups excluding tert-OH is 2. The Labute approximate surface area is 247 Å². The first kappa shape index (κ1) is 30.8. The van der Waals surface area contributed by atoms with Crippen LogP contribution in [0.5, 0.6) is 0 Å². The molecule has 0 saturated carbocycles. The van der Waals surface area contributed by atoms with Crippen molar-refractivity contribution in [2.75, 3.05) is 26.4 Å². The molecule has 0 amide bonds. The third-order valence-corrected chi connectivity index (χ3v) is 8.74. The third kappa shape index (κ3) is 5.91. The molecule has 42 heavy (non-hydrogen) atoms. The summed E-state index contributed by atoms with van der Waals surface area (Å²) in [7, 11) is 0. The van der Waals surface area contributed by atoms with Crippen LogP contribution in [0.1, 0.15) is 30.5 Å². The Hall–Kier alpha value is -2.66. The van der Waals surface area contributed by atoms with E-state index < -0.39 is 41.7 Å². The number of ether oxygens (including phenoxy) is 5. The van der Waals surface area contributed by atoms with Gasteiger partial charge in [-0.25, -0.2) is 0 Å². The standard InChI is InChI=1S/C34H42O8/c1-25(18-38-19-27-12-6-3-7-13-27)34-26(2)31(36)33(23-35,42-34)32(37,24-40-21-29-16-10-5-11-17-29)30(41-34)22-39-20-28-14-8-4-9-15-28/h3-17,25-26,30-31,35-37H,18-24H2,1-2H3/t25-,26+,30-,31-,32+,33-,34+/m1/s1. The maximum atomic E-state index is 12.3. The van der Waals surface area contributed by atoms with E-state index in [4.69, 9.17) is 23.7 Å². The van der Waals surface area contributed by atoms with Crippen LogP contribution in [0, 0.1) is 11.8 Å². The number of benzene rings is 3. The highest BCUT2D eigenvalue weighted by Gasteiger charge is 2.76. The van der Waals surface area contributed by atoms with E-state index in [-0.39, 0.29) is 32.3 Å². The van der Waals surface area contributed by atoms with E-state index >= 15 is 0 Å². The lowest BCUT2D eigenvalue weighted by molar-refractivity contribution is -0.417. The van der Waals surface area contributed by atoms with Crippen LogP contribution in [-0.4, -0.2) is 70.9 Å². The Balaban J connectivity index is 1.38. The Kier molecular flexibility index (Phi) is 9.77. The van der Waals surface area contributed by atoms with E-state index in [2.05, 4.69) is 0 Å². The van der Waals surface area contributed by atoms with Crippen LogP contribution < -0.4 is 0 Å². The van der Waals surface area contributed by atoms with Crippen molar-refractivity contribution in [1.82, 2.24) is 0 Å². The zero-order chi connectivity index (χ0) is 29.6. The lowest BCUT2D eigenvalue weighted by Gasteiger charge is -2.55. The van der Waals surface area contributed by atoms with Gasteiger partial charge in [0, 0.05) is 11.8 Å². The first-order chi connectivity index (χ1) is 20.3. The van der Waals surface area contributed by atoms with Gasteiger partial charge in [0.15, 0.2) is 11.4 Å². The fraction of sp³-hybridized carbons (Fsp3) is 0.471. The van der Waals surface area contributed by atoms with Crippen LogP contribution in [0.4, 0.5) is 0 Å². The number of aliphatic hydroxyl groups is 3. The van der Waals surface area contributed by atoms with Crippen molar-refractivity contribution in [3.63, 3.8) is 0 Å². The molecule has 0 unspecified atom stereocenters. The molecule has 0 aliphatic carbocycles. The minimum Gasteiger partial charge on any atom is -0.393 e. The lowest BCUT2D eigenvalue weighted by atomic mass is 9.74. The van der Waals surface area contributed by atoms with Crippen molar-refractivity contribution in [3.05, 3.63) is 108 Å². The van der Waals surface area contributed by atoms with Crippen molar-refractivity contribution in [2.45, 2.75) is 62.9 Å². The molecule has 5 rings (SSSR count). The molecule has 7 atom stereocenters. The van der Waals surface area contributed by atoms with Crippen LogP contribution >= 0.6 is 0 Å². The highest BCUT2D eigenvalue weighted by Crippen LogP contribution is 2.57. The summed E-state index contributed by atoms with van der Waals surface area (Å²) in [6.07, 6.45) is -2.22. The smallest absolute Gasteiger partial charge is 0.179 e. The second kappa shape index (κ2) is 13.3. The van der Waals surface area contributed by atoms with Gasteiger partial charge < -0.3 is 39.0 Å². The second-order valence-corrected chi connectivity index (χ2v) is 11.5. The summed E-state index contributed by atoms with van der Waals surface area (Å²) >= 11 is 0. The third-order valence-electron chi connectivity index (χ3n) is 8.74. The summed E-state index contributed by atoms with van der Waals surface area (Å²) < 4.78 is 31.3. The van der Waals surface area contributed by atoms with Crippen molar-refractivity contribution in [1.29, 1.82) is 0 Å². The molecule has 2 fully saturated rings. The van der Waals surface area contributed by atoms with Crippen LogP contribution in [0.15, 0.2) is 91.0 Å². The molecule has 0 aromatic heterocycles. The molecule has 2 heterocycles. The van der Waals surface area contributed by atoms with E-state index in [9.17, 15) is 15.3 Å². The second-order valence-electron chi connectivity index (χ2n) is 11.5. The van der Waals surface area contributed by atoms with E-state index in [1.807, 2.05) is 105 Å². The number of hydrogen-bond donors (Lipinski definition) is 3. The quantitative estimate of drug-likeness (QED) is 0.265. The van der Waals surface area contributed by atoms with Gasteiger partial charge in [-0.05, 0) is 16.7 Å². The van der Waals surface area contributed by atoms with Crippen molar-refractivity contribution >= 4 is 0 Å². The summed E-state index contributed by atoms with van der Waals surface area (Å²) in [6, 6.07) is 29.2. The molecule has 8 heteroatoms. The average Bonchev–Trinajstić information content (AvgIpc) is 3.23. The van der Waals surface area contributed by atoms with Gasteiger partial charge in [0.25, 0.3) is 0 Å². The van der Waals surface area contributed by atoms with Gasteiger partial charge in [-0.2, -0.15) is 0 Å². The molecule has 3 N–H and O–H groups in total. The van der Waals surface area contributed by atoms with Crippen molar-refractivity contribution in [3.8, 4) is 0 Å². The van der Waals surface area contributed by atoms with E-state index in [1.54, 1.807) is 0 Å². The number of fused-ring (bicyclic) bond motifs is 2. The van der Waals surface area contributed by atoms with Gasteiger partial charge in [-0.1, -0.05) is 105 Å². The van der Waals surface area contributed by atoms with Crippen molar-refractivity contribution < 1.29 is 39.0 Å².